The highest BCUT2D eigenvalue weighted by atomic mass is 16.1. The zero-order chi connectivity index (χ0) is 17.5. The number of anilines is 2. The molecule has 0 bridgehead atoms. The second kappa shape index (κ2) is 8.29. The Morgan fingerprint density at radius 2 is 1.75 bits per heavy atom. The Bertz CT molecular complexity index is 721. The molecule has 2 N–H and O–H groups in total. The lowest BCUT2D eigenvalue weighted by atomic mass is 10.1. The number of nitrogens with one attached hydrogen (secondary N) is 2. The Morgan fingerprint density at radius 1 is 1.04 bits per heavy atom. The number of para-hydroxylation sites is 1. The molecule has 0 aliphatic rings. The molecule has 0 aliphatic carbocycles. The third-order valence-electron chi connectivity index (χ3n) is 3.98. The van der Waals surface area contributed by atoms with Crippen molar-refractivity contribution in [3.63, 3.8) is 0 Å². The van der Waals surface area contributed by atoms with Crippen LogP contribution in [0.15, 0.2) is 42.5 Å². The fraction of sp³-hybridized carbons (Fsp3) is 0.300. The fourth-order valence-corrected chi connectivity index (χ4v) is 2.55. The van der Waals surface area contributed by atoms with Gasteiger partial charge in [0.25, 0.3) is 0 Å². The molecule has 2 aromatic rings. The van der Waals surface area contributed by atoms with E-state index >= 15 is 0 Å². The van der Waals surface area contributed by atoms with Crippen LogP contribution >= 0.6 is 0 Å². The molecule has 2 aromatic carbocycles. The van der Waals surface area contributed by atoms with E-state index in [-0.39, 0.29) is 11.7 Å². The summed E-state index contributed by atoms with van der Waals surface area (Å²) >= 11 is 0. The summed E-state index contributed by atoms with van der Waals surface area (Å²) in [6.45, 7) is 6.17. The van der Waals surface area contributed by atoms with Gasteiger partial charge in [-0.15, -0.1) is 0 Å². The third-order valence-corrected chi connectivity index (χ3v) is 3.98. The second-order valence-corrected chi connectivity index (χ2v) is 5.82. The van der Waals surface area contributed by atoms with Gasteiger partial charge in [-0.05, 0) is 55.7 Å². The van der Waals surface area contributed by atoms with Crippen molar-refractivity contribution in [1.29, 1.82) is 0 Å². The molecule has 0 aliphatic heterocycles. The van der Waals surface area contributed by atoms with E-state index in [0.29, 0.717) is 18.5 Å². The molecular weight excluding hydrogens is 300 g/mol. The molecule has 0 atom stereocenters. The van der Waals surface area contributed by atoms with Crippen LogP contribution in [0.4, 0.5) is 11.4 Å². The van der Waals surface area contributed by atoms with Crippen LogP contribution in [-0.2, 0) is 11.2 Å². The van der Waals surface area contributed by atoms with Gasteiger partial charge in [0.15, 0.2) is 5.78 Å². The average Bonchev–Trinajstić information content (AvgIpc) is 2.57. The third kappa shape index (κ3) is 4.69. The van der Waals surface area contributed by atoms with E-state index in [1.165, 1.54) is 0 Å². The first-order valence-corrected chi connectivity index (χ1v) is 8.24. The van der Waals surface area contributed by atoms with Crippen LogP contribution in [0, 0.1) is 6.92 Å². The van der Waals surface area contributed by atoms with Crippen LogP contribution in [0.3, 0.4) is 0 Å². The molecule has 2 rings (SSSR count). The van der Waals surface area contributed by atoms with Crippen molar-refractivity contribution in [3.05, 3.63) is 59.2 Å². The highest BCUT2D eigenvalue weighted by Crippen LogP contribution is 2.21. The van der Waals surface area contributed by atoms with Gasteiger partial charge < -0.3 is 10.6 Å². The Hall–Kier alpha value is -2.62. The topological polar surface area (TPSA) is 58.2 Å². The van der Waals surface area contributed by atoms with Gasteiger partial charge in [0.1, 0.15) is 0 Å². The number of aryl methyl sites for hydroxylation is 2. The predicted molar refractivity (Wildman–Crippen MR) is 98.7 cm³/mol. The first kappa shape index (κ1) is 17.7. The SMILES string of the molecule is CCc1cccc(C)c1NC(=O)CCNc1ccc(C(C)=O)cc1. The van der Waals surface area contributed by atoms with Crippen molar-refractivity contribution in [1.82, 2.24) is 0 Å². The van der Waals surface area contributed by atoms with Crippen LogP contribution in [0.1, 0.15) is 41.8 Å². The number of rotatable bonds is 7. The number of hydrogen-bond donors (Lipinski definition) is 2. The van der Waals surface area contributed by atoms with Crippen LogP contribution in [-0.4, -0.2) is 18.2 Å². The van der Waals surface area contributed by atoms with Crippen LogP contribution < -0.4 is 10.6 Å². The molecule has 1 amide bonds. The number of hydrogen-bond acceptors (Lipinski definition) is 3. The lowest BCUT2D eigenvalue weighted by molar-refractivity contribution is -0.116. The van der Waals surface area contributed by atoms with E-state index in [9.17, 15) is 9.59 Å². The molecule has 0 radical (unpaired) electrons. The molecule has 0 fully saturated rings. The van der Waals surface area contributed by atoms with Crippen molar-refractivity contribution in [2.45, 2.75) is 33.6 Å². The molecule has 0 saturated heterocycles. The van der Waals surface area contributed by atoms with Crippen molar-refractivity contribution >= 4 is 23.1 Å². The van der Waals surface area contributed by atoms with Crippen molar-refractivity contribution in [3.8, 4) is 0 Å². The van der Waals surface area contributed by atoms with Gasteiger partial charge in [-0.1, -0.05) is 25.1 Å². The number of benzene rings is 2. The Kier molecular flexibility index (Phi) is 6.13. The number of Topliss-reactive ketones (excluding diaryl/α,β-unsaturated/α-hetero) is 1. The first-order valence-electron chi connectivity index (χ1n) is 8.24. The summed E-state index contributed by atoms with van der Waals surface area (Å²) in [4.78, 5) is 23.4. The summed E-state index contributed by atoms with van der Waals surface area (Å²) in [7, 11) is 0. The van der Waals surface area contributed by atoms with Gasteiger partial charge in [-0.3, -0.25) is 9.59 Å². The summed E-state index contributed by atoms with van der Waals surface area (Å²) < 4.78 is 0. The minimum absolute atomic E-state index is 0.00754. The molecule has 24 heavy (non-hydrogen) atoms. The largest absolute Gasteiger partial charge is 0.385 e. The highest BCUT2D eigenvalue weighted by Gasteiger charge is 2.08. The van der Waals surface area contributed by atoms with Crippen LogP contribution in [0.25, 0.3) is 0 Å². The molecule has 4 nitrogen and oxygen atoms in total. The Balaban J connectivity index is 1.87. The summed E-state index contributed by atoms with van der Waals surface area (Å²) in [6, 6.07) is 13.3. The Morgan fingerprint density at radius 3 is 2.38 bits per heavy atom. The van der Waals surface area contributed by atoms with Crippen LogP contribution in [0.2, 0.25) is 0 Å². The van der Waals surface area contributed by atoms with E-state index in [2.05, 4.69) is 17.6 Å². The zero-order valence-corrected chi connectivity index (χ0v) is 14.5. The molecule has 0 heterocycles. The van der Waals surface area contributed by atoms with Gasteiger partial charge >= 0.3 is 0 Å². The minimum Gasteiger partial charge on any atom is -0.385 e. The van der Waals surface area contributed by atoms with Crippen molar-refractivity contribution in [2.75, 3.05) is 17.2 Å². The number of carbonyl (C=O) groups excluding carboxylic acids is 2. The van der Waals surface area contributed by atoms with Crippen molar-refractivity contribution < 1.29 is 9.59 Å². The molecule has 4 heteroatoms. The van der Waals surface area contributed by atoms with E-state index < -0.39 is 0 Å². The lowest BCUT2D eigenvalue weighted by Crippen LogP contribution is -2.17. The lowest BCUT2D eigenvalue weighted by Gasteiger charge is -2.13. The van der Waals surface area contributed by atoms with Gasteiger partial charge in [0, 0.05) is 29.9 Å². The smallest absolute Gasteiger partial charge is 0.226 e. The molecule has 0 unspecified atom stereocenters. The predicted octanol–water partition coefficient (Wildman–Crippen LogP) is 4.20. The molecule has 0 spiro atoms. The number of amides is 1. The van der Waals surface area contributed by atoms with E-state index in [0.717, 1.165) is 28.9 Å². The summed E-state index contributed by atoms with van der Waals surface area (Å²) in [5.41, 5.74) is 4.74. The summed E-state index contributed by atoms with van der Waals surface area (Å²) in [6.07, 6.45) is 1.27. The minimum atomic E-state index is -0.00754. The van der Waals surface area contributed by atoms with E-state index in [4.69, 9.17) is 0 Å². The van der Waals surface area contributed by atoms with Crippen molar-refractivity contribution in [2.24, 2.45) is 0 Å². The molecule has 0 saturated carbocycles. The maximum Gasteiger partial charge on any atom is 0.226 e. The average molecular weight is 324 g/mol. The Labute approximate surface area is 143 Å². The summed E-state index contributed by atoms with van der Waals surface area (Å²) in [5.74, 6) is 0.0396. The molecule has 126 valence electrons. The van der Waals surface area contributed by atoms with Gasteiger partial charge in [0.05, 0.1) is 0 Å². The highest BCUT2D eigenvalue weighted by molar-refractivity contribution is 5.94. The van der Waals surface area contributed by atoms with E-state index in [1.807, 2.05) is 37.3 Å². The standard InChI is InChI=1S/C20H24N2O2/c1-4-16-7-5-6-14(2)20(16)22-19(24)12-13-21-18-10-8-17(9-11-18)15(3)23/h5-11,21H,4,12-13H2,1-3H3,(H,22,24). The van der Waals surface area contributed by atoms with Gasteiger partial charge in [-0.2, -0.15) is 0 Å². The zero-order valence-electron chi connectivity index (χ0n) is 14.5. The quantitative estimate of drug-likeness (QED) is 0.750. The number of ketones is 1. The monoisotopic (exact) mass is 324 g/mol. The maximum absolute atomic E-state index is 12.2. The fourth-order valence-electron chi connectivity index (χ4n) is 2.55. The molecule has 0 aromatic heterocycles. The normalized spacial score (nSPS) is 10.3. The first-order chi connectivity index (χ1) is 11.5. The number of carbonyl (C=O) groups is 2. The summed E-state index contributed by atoms with van der Waals surface area (Å²) in [5, 5.41) is 6.22. The van der Waals surface area contributed by atoms with Gasteiger partial charge in [0.2, 0.25) is 5.91 Å². The van der Waals surface area contributed by atoms with Crippen LogP contribution in [0.5, 0.6) is 0 Å². The van der Waals surface area contributed by atoms with E-state index in [1.54, 1.807) is 19.1 Å². The maximum atomic E-state index is 12.2. The second-order valence-electron chi connectivity index (χ2n) is 5.82. The molecular formula is C20H24N2O2. The van der Waals surface area contributed by atoms with Gasteiger partial charge in [-0.25, -0.2) is 0 Å².